The van der Waals surface area contributed by atoms with Gasteiger partial charge in [0.2, 0.25) is 0 Å². The van der Waals surface area contributed by atoms with Gasteiger partial charge in [-0.25, -0.2) is 8.42 Å². The van der Waals surface area contributed by atoms with Crippen molar-refractivity contribution in [3.05, 3.63) is 59.7 Å². The van der Waals surface area contributed by atoms with Gasteiger partial charge in [-0.1, -0.05) is 18.2 Å². The second kappa shape index (κ2) is 6.32. The summed E-state index contributed by atoms with van der Waals surface area (Å²) in [5, 5.41) is -1.15. The summed E-state index contributed by atoms with van der Waals surface area (Å²) in [7, 11) is -2.20. The largest absolute Gasteiger partial charge is 0.497 e. The fraction of sp³-hybridized carbons (Fsp3) is 0.235. The molecule has 0 spiro atoms. The van der Waals surface area contributed by atoms with Gasteiger partial charge in [-0.3, -0.25) is 4.79 Å². The van der Waals surface area contributed by atoms with Gasteiger partial charge in [-0.05, 0) is 49.7 Å². The second-order valence-corrected chi connectivity index (χ2v) is 7.37. The zero-order chi connectivity index (χ0) is 16.3. The first-order chi connectivity index (χ1) is 10.4. The molecule has 0 aromatic heterocycles. The maximum Gasteiger partial charge on any atom is 0.188 e. The fourth-order valence-electron chi connectivity index (χ4n) is 2.20. The Balaban J connectivity index is 2.39. The maximum atomic E-state index is 12.6. The molecule has 0 aliphatic rings. The number of sulfone groups is 1. The van der Waals surface area contributed by atoms with Crippen LogP contribution < -0.4 is 4.74 Å². The number of ether oxygens (including phenoxy) is 1. The highest BCUT2D eigenvalue weighted by atomic mass is 32.2. The van der Waals surface area contributed by atoms with Crippen molar-refractivity contribution in [2.75, 3.05) is 7.11 Å². The van der Waals surface area contributed by atoms with Gasteiger partial charge in [0.25, 0.3) is 0 Å². The molecule has 2 aromatic carbocycles. The number of aryl methyl sites for hydroxylation is 1. The Bertz CT molecular complexity index is 780. The predicted octanol–water partition coefficient (Wildman–Crippen LogP) is 3.05. The number of hydrogen-bond acceptors (Lipinski definition) is 4. The summed E-state index contributed by atoms with van der Waals surface area (Å²) in [6.07, 6.45) is 0. The highest BCUT2D eigenvalue weighted by molar-refractivity contribution is 7.92. The Labute approximate surface area is 130 Å². The average Bonchev–Trinajstić information content (AvgIpc) is 2.53. The normalized spacial score (nSPS) is 12.7. The summed E-state index contributed by atoms with van der Waals surface area (Å²) in [5.74, 6) is 0.0958. The SMILES string of the molecule is COc1cc(C)cc(C(=O)C(C)S(=O)(=O)c2ccccc2)c1. The molecule has 0 saturated carbocycles. The summed E-state index contributed by atoms with van der Waals surface area (Å²) in [5.41, 5.74) is 1.18. The molecule has 4 nitrogen and oxygen atoms in total. The van der Waals surface area contributed by atoms with Gasteiger partial charge in [0.1, 0.15) is 11.0 Å². The number of methoxy groups -OCH3 is 1. The van der Waals surface area contributed by atoms with E-state index in [1.54, 1.807) is 36.4 Å². The summed E-state index contributed by atoms with van der Waals surface area (Å²) in [6, 6.07) is 13.0. The first kappa shape index (κ1) is 16.2. The lowest BCUT2D eigenvalue weighted by Gasteiger charge is -2.13. The summed E-state index contributed by atoms with van der Waals surface area (Å²) < 4.78 is 30.2. The molecule has 1 atom stereocenters. The van der Waals surface area contributed by atoms with Gasteiger partial charge in [0.05, 0.1) is 12.0 Å². The van der Waals surface area contributed by atoms with E-state index in [1.807, 2.05) is 6.92 Å². The average molecular weight is 318 g/mol. The number of ketones is 1. The molecule has 0 aliphatic heterocycles. The van der Waals surface area contributed by atoms with Crippen molar-refractivity contribution in [1.82, 2.24) is 0 Å². The van der Waals surface area contributed by atoms with Crippen LogP contribution in [0.25, 0.3) is 0 Å². The van der Waals surface area contributed by atoms with E-state index < -0.39 is 20.9 Å². The van der Waals surface area contributed by atoms with Crippen molar-refractivity contribution in [2.45, 2.75) is 24.0 Å². The molecule has 0 saturated heterocycles. The van der Waals surface area contributed by atoms with Crippen molar-refractivity contribution in [3.8, 4) is 5.75 Å². The number of benzene rings is 2. The van der Waals surface area contributed by atoms with E-state index in [9.17, 15) is 13.2 Å². The standard InChI is InChI=1S/C17H18O4S/c1-12-9-14(11-15(10-12)21-3)17(18)13(2)22(19,20)16-7-5-4-6-8-16/h4-11,13H,1-3H3. The van der Waals surface area contributed by atoms with E-state index in [1.165, 1.54) is 26.2 Å². The van der Waals surface area contributed by atoms with Crippen LogP contribution in [0.4, 0.5) is 0 Å². The lowest BCUT2D eigenvalue weighted by molar-refractivity contribution is 0.0991. The smallest absolute Gasteiger partial charge is 0.188 e. The van der Waals surface area contributed by atoms with E-state index >= 15 is 0 Å². The van der Waals surface area contributed by atoms with Crippen LogP contribution in [0.1, 0.15) is 22.8 Å². The number of hydrogen-bond donors (Lipinski definition) is 0. The lowest BCUT2D eigenvalue weighted by atomic mass is 10.1. The molecule has 1 unspecified atom stereocenters. The highest BCUT2D eigenvalue weighted by Gasteiger charge is 2.30. The molecule has 2 rings (SSSR count). The monoisotopic (exact) mass is 318 g/mol. The Morgan fingerprint density at radius 3 is 2.32 bits per heavy atom. The molecule has 0 aliphatic carbocycles. The Morgan fingerprint density at radius 2 is 1.73 bits per heavy atom. The molecule has 2 aromatic rings. The zero-order valence-corrected chi connectivity index (χ0v) is 13.6. The number of carbonyl (C=O) groups excluding carboxylic acids is 1. The summed E-state index contributed by atoms with van der Waals surface area (Å²) in [4.78, 5) is 12.7. The molecule has 22 heavy (non-hydrogen) atoms. The topological polar surface area (TPSA) is 60.4 Å². The van der Waals surface area contributed by atoms with Gasteiger partial charge in [0, 0.05) is 5.56 Å². The van der Waals surface area contributed by atoms with Crippen LogP contribution in [0.2, 0.25) is 0 Å². The van der Waals surface area contributed by atoms with Crippen molar-refractivity contribution < 1.29 is 17.9 Å². The van der Waals surface area contributed by atoms with Gasteiger partial charge in [-0.15, -0.1) is 0 Å². The molecular weight excluding hydrogens is 300 g/mol. The number of Topliss-reactive ketones (excluding diaryl/α,β-unsaturated/α-hetero) is 1. The number of rotatable bonds is 5. The first-order valence-corrected chi connectivity index (χ1v) is 8.39. The third-order valence-corrected chi connectivity index (χ3v) is 5.55. The van der Waals surface area contributed by atoms with E-state index in [2.05, 4.69) is 0 Å². The van der Waals surface area contributed by atoms with Gasteiger partial charge in [0.15, 0.2) is 15.6 Å². The predicted molar refractivity (Wildman–Crippen MR) is 85.2 cm³/mol. The van der Waals surface area contributed by atoms with Crippen LogP contribution in [0.5, 0.6) is 5.75 Å². The first-order valence-electron chi connectivity index (χ1n) is 6.85. The Morgan fingerprint density at radius 1 is 1.09 bits per heavy atom. The maximum absolute atomic E-state index is 12.6. The molecule has 0 N–H and O–H groups in total. The fourth-order valence-corrected chi connectivity index (χ4v) is 3.56. The Kier molecular flexibility index (Phi) is 4.66. The highest BCUT2D eigenvalue weighted by Crippen LogP contribution is 2.22. The molecule has 0 amide bonds. The second-order valence-electron chi connectivity index (χ2n) is 5.10. The summed E-state index contributed by atoms with van der Waals surface area (Å²) in [6.45, 7) is 3.25. The molecule has 0 fully saturated rings. The van der Waals surface area contributed by atoms with Crippen molar-refractivity contribution >= 4 is 15.6 Å². The molecule has 0 heterocycles. The third kappa shape index (κ3) is 3.20. The van der Waals surface area contributed by atoms with Crippen LogP contribution >= 0.6 is 0 Å². The van der Waals surface area contributed by atoms with Gasteiger partial charge >= 0.3 is 0 Å². The van der Waals surface area contributed by atoms with Crippen molar-refractivity contribution in [2.24, 2.45) is 0 Å². The lowest BCUT2D eigenvalue weighted by Crippen LogP contribution is -2.27. The molecular formula is C17H18O4S. The quantitative estimate of drug-likeness (QED) is 0.795. The van der Waals surface area contributed by atoms with E-state index in [4.69, 9.17) is 4.74 Å². The minimum Gasteiger partial charge on any atom is -0.497 e. The van der Waals surface area contributed by atoms with Crippen LogP contribution in [0.15, 0.2) is 53.4 Å². The van der Waals surface area contributed by atoms with E-state index in [0.717, 1.165) is 5.56 Å². The van der Waals surface area contributed by atoms with Crippen LogP contribution in [0.3, 0.4) is 0 Å². The van der Waals surface area contributed by atoms with Gasteiger partial charge < -0.3 is 4.74 Å². The molecule has 0 radical (unpaired) electrons. The van der Waals surface area contributed by atoms with E-state index in [0.29, 0.717) is 11.3 Å². The molecule has 0 bridgehead atoms. The van der Waals surface area contributed by atoms with Crippen LogP contribution in [-0.2, 0) is 9.84 Å². The Hall–Kier alpha value is -2.14. The minimum atomic E-state index is -3.71. The summed E-state index contributed by atoms with van der Waals surface area (Å²) >= 11 is 0. The minimum absolute atomic E-state index is 0.149. The number of carbonyl (C=O) groups is 1. The van der Waals surface area contributed by atoms with Crippen LogP contribution in [-0.4, -0.2) is 26.6 Å². The molecule has 116 valence electrons. The van der Waals surface area contributed by atoms with Gasteiger partial charge in [-0.2, -0.15) is 0 Å². The van der Waals surface area contributed by atoms with Crippen molar-refractivity contribution in [1.29, 1.82) is 0 Å². The zero-order valence-electron chi connectivity index (χ0n) is 12.7. The molecule has 5 heteroatoms. The van der Waals surface area contributed by atoms with Crippen LogP contribution in [0, 0.1) is 6.92 Å². The van der Waals surface area contributed by atoms with E-state index in [-0.39, 0.29) is 4.90 Å². The van der Waals surface area contributed by atoms with Crippen molar-refractivity contribution in [3.63, 3.8) is 0 Å². The third-order valence-electron chi connectivity index (χ3n) is 3.48.